The molecule has 150 valence electrons. The summed E-state index contributed by atoms with van der Waals surface area (Å²) in [6.45, 7) is 9.62. The summed E-state index contributed by atoms with van der Waals surface area (Å²) in [6, 6.07) is 10.6. The standard InChI is InChI=1S/C22H35N3O2/c1-17-5-7-18(8-6-17)22(25-10-13-26-14-11-25)15-24-20-4-2-3-19(20)21-16-27-12-9-23-21/h5-8,19-24H,2-4,9-16H2,1H3. The molecule has 0 radical (unpaired) electrons. The number of nitrogens with one attached hydrogen (secondary N) is 2. The van der Waals surface area contributed by atoms with Crippen molar-refractivity contribution in [3.63, 3.8) is 0 Å². The van der Waals surface area contributed by atoms with Crippen molar-refractivity contribution < 1.29 is 9.47 Å². The van der Waals surface area contributed by atoms with Crippen molar-refractivity contribution in [2.75, 3.05) is 52.6 Å². The van der Waals surface area contributed by atoms with E-state index >= 15 is 0 Å². The molecule has 0 amide bonds. The van der Waals surface area contributed by atoms with Gasteiger partial charge in [0.15, 0.2) is 0 Å². The minimum Gasteiger partial charge on any atom is -0.379 e. The Labute approximate surface area is 163 Å². The molecule has 2 saturated heterocycles. The van der Waals surface area contributed by atoms with Crippen LogP contribution in [0.5, 0.6) is 0 Å². The number of hydrogen-bond acceptors (Lipinski definition) is 5. The minimum absolute atomic E-state index is 0.423. The zero-order valence-corrected chi connectivity index (χ0v) is 16.7. The van der Waals surface area contributed by atoms with Crippen molar-refractivity contribution in [2.45, 2.75) is 44.3 Å². The van der Waals surface area contributed by atoms with Crippen molar-refractivity contribution in [1.29, 1.82) is 0 Å². The van der Waals surface area contributed by atoms with E-state index in [-0.39, 0.29) is 0 Å². The lowest BCUT2D eigenvalue weighted by atomic mass is 9.93. The number of benzene rings is 1. The Morgan fingerprint density at radius 1 is 1.11 bits per heavy atom. The van der Waals surface area contributed by atoms with E-state index < -0.39 is 0 Å². The first kappa shape index (κ1) is 19.3. The summed E-state index contributed by atoms with van der Waals surface area (Å²) in [5.74, 6) is 0.689. The summed E-state index contributed by atoms with van der Waals surface area (Å²) in [4.78, 5) is 2.59. The predicted molar refractivity (Wildman–Crippen MR) is 108 cm³/mol. The number of ether oxygens (including phenoxy) is 2. The van der Waals surface area contributed by atoms with Gasteiger partial charge in [-0.05, 0) is 31.2 Å². The summed E-state index contributed by atoms with van der Waals surface area (Å²) in [5, 5.41) is 7.65. The zero-order valence-electron chi connectivity index (χ0n) is 16.7. The molecular weight excluding hydrogens is 338 g/mol. The Hall–Kier alpha value is -0.980. The second-order valence-corrected chi connectivity index (χ2v) is 8.32. The molecule has 0 bridgehead atoms. The fourth-order valence-corrected chi connectivity index (χ4v) is 4.98. The maximum absolute atomic E-state index is 5.73. The average Bonchev–Trinajstić information content (AvgIpc) is 3.19. The van der Waals surface area contributed by atoms with Gasteiger partial charge in [-0.1, -0.05) is 36.2 Å². The van der Waals surface area contributed by atoms with E-state index in [1.165, 1.54) is 30.4 Å². The molecule has 5 nitrogen and oxygen atoms in total. The van der Waals surface area contributed by atoms with Gasteiger partial charge in [-0.3, -0.25) is 4.90 Å². The van der Waals surface area contributed by atoms with Crippen LogP contribution >= 0.6 is 0 Å². The molecule has 1 saturated carbocycles. The summed E-state index contributed by atoms with van der Waals surface area (Å²) in [7, 11) is 0. The topological polar surface area (TPSA) is 45.8 Å². The highest BCUT2D eigenvalue weighted by Crippen LogP contribution is 2.30. The quantitative estimate of drug-likeness (QED) is 0.800. The predicted octanol–water partition coefficient (Wildman–Crippen LogP) is 2.12. The van der Waals surface area contributed by atoms with Crippen molar-refractivity contribution in [1.82, 2.24) is 15.5 Å². The molecule has 3 fully saturated rings. The number of hydrogen-bond donors (Lipinski definition) is 2. The van der Waals surface area contributed by atoms with Gasteiger partial charge in [-0.15, -0.1) is 0 Å². The van der Waals surface area contributed by atoms with Gasteiger partial charge in [0.1, 0.15) is 0 Å². The number of morpholine rings is 2. The first-order valence-corrected chi connectivity index (χ1v) is 10.7. The van der Waals surface area contributed by atoms with Crippen molar-refractivity contribution in [3.05, 3.63) is 35.4 Å². The Bertz CT molecular complexity index is 567. The van der Waals surface area contributed by atoms with Crippen molar-refractivity contribution >= 4 is 0 Å². The van der Waals surface area contributed by atoms with Crippen LogP contribution in [0.3, 0.4) is 0 Å². The van der Waals surface area contributed by atoms with Crippen LogP contribution < -0.4 is 10.6 Å². The summed E-state index contributed by atoms with van der Waals surface area (Å²) in [5.41, 5.74) is 2.75. The second kappa shape index (κ2) is 9.48. The van der Waals surface area contributed by atoms with Gasteiger partial charge in [0, 0.05) is 44.3 Å². The molecule has 5 heteroatoms. The average molecular weight is 374 g/mol. The van der Waals surface area contributed by atoms with E-state index in [9.17, 15) is 0 Å². The van der Waals surface area contributed by atoms with Crippen LogP contribution in [-0.2, 0) is 9.47 Å². The fourth-order valence-electron chi connectivity index (χ4n) is 4.98. The first-order chi connectivity index (χ1) is 13.3. The van der Waals surface area contributed by atoms with Gasteiger partial charge in [0.2, 0.25) is 0 Å². The molecule has 2 aliphatic heterocycles. The number of rotatable bonds is 6. The van der Waals surface area contributed by atoms with Crippen LogP contribution in [0.2, 0.25) is 0 Å². The largest absolute Gasteiger partial charge is 0.379 e. The van der Waals surface area contributed by atoms with Gasteiger partial charge >= 0.3 is 0 Å². The molecule has 0 aromatic heterocycles. The lowest BCUT2D eigenvalue weighted by Gasteiger charge is -2.37. The lowest BCUT2D eigenvalue weighted by molar-refractivity contribution is 0.0144. The molecule has 4 atom stereocenters. The molecule has 2 heterocycles. The molecule has 0 spiro atoms. The van der Waals surface area contributed by atoms with E-state index in [0.29, 0.717) is 24.0 Å². The third-order valence-corrected chi connectivity index (χ3v) is 6.56. The van der Waals surface area contributed by atoms with Crippen LogP contribution in [-0.4, -0.2) is 69.6 Å². The normalized spacial score (nSPS) is 31.1. The first-order valence-electron chi connectivity index (χ1n) is 10.7. The van der Waals surface area contributed by atoms with Crippen molar-refractivity contribution in [2.24, 2.45) is 5.92 Å². The van der Waals surface area contributed by atoms with Crippen LogP contribution in [0.25, 0.3) is 0 Å². The summed E-state index contributed by atoms with van der Waals surface area (Å²) in [6.07, 6.45) is 3.92. The van der Waals surface area contributed by atoms with Crippen LogP contribution in [0.4, 0.5) is 0 Å². The smallest absolute Gasteiger partial charge is 0.0623 e. The molecule has 27 heavy (non-hydrogen) atoms. The highest BCUT2D eigenvalue weighted by atomic mass is 16.5. The Kier molecular flexibility index (Phi) is 6.79. The highest BCUT2D eigenvalue weighted by Gasteiger charge is 2.35. The van der Waals surface area contributed by atoms with Crippen LogP contribution in [0, 0.1) is 12.8 Å². The van der Waals surface area contributed by atoms with Gasteiger partial charge in [-0.25, -0.2) is 0 Å². The molecule has 1 aliphatic carbocycles. The Morgan fingerprint density at radius 3 is 2.67 bits per heavy atom. The Balaban J connectivity index is 1.42. The summed E-state index contributed by atoms with van der Waals surface area (Å²) < 4.78 is 11.3. The van der Waals surface area contributed by atoms with Crippen LogP contribution in [0.1, 0.15) is 36.4 Å². The van der Waals surface area contributed by atoms with E-state index in [2.05, 4.69) is 46.7 Å². The fraction of sp³-hybridized carbons (Fsp3) is 0.727. The van der Waals surface area contributed by atoms with E-state index in [1.807, 2.05) is 0 Å². The minimum atomic E-state index is 0.423. The lowest BCUT2D eigenvalue weighted by Crippen LogP contribution is -2.52. The highest BCUT2D eigenvalue weighted by molar-refractivity contribution is 5.24. The van der Waals surface area contributed by atoms with E-state index in [1.54, 1.807) is 0 Å². The number of aryl methyl sites for hydroxylation is 1. The third-order valence-electron chi connectivity index (χ3n) is 6.56. The molecule has 4 rings (SSSR count). The molecule has 2 N–H and O–H groups in total. The van der Waals surface area contributed by atoms with E-state index in [4.69, 9.17) is 9.47 Å². The SMILES string of the molecule is Cc1ccc(C(CNC2CCCC2C2COCCN2)N2CCOCC2)cc1. The zero-order chi connectivity index (χ0) is 18.5. The maximum Gasteiger partial charge on any atom is 0.0623 e. The molecule has 1 aromatic carbocycles. The molecule has 3 aliphatic rings. The molecule has 4 unspecified atom stereocenters. The second-order valence-electron chi connectivity index (χ2n) is 8.32. The maximum atomic E-state index is 5.73. The van der Waals surface area contributed by atoms with Gasteiger partial charge in [0.25, 0.3) is 0 Å². The number of nitrogens with zero attached hydrogens (tertiary/aromatic N) is 1. The monoisotopic (exact) mass is 373 g/mol. The molecular formula is C22H35N3O2. The van der Waals surface area contributed by atoms with Gasteiger partial charge in [0.05, 0.1) is 26.4 Å². The Morgan fingerprint density at radius 2 is 1.93 bits per heavy atom. The van der Waals surface area contributed by atoms with Gasteiger partial charge in [-0.2, -0.15) is 0 Å². The third kappa shape index (κ3) is 4.90. The van der Waals surface area contributed by atoms with Crippen LogP contribution in [0.15, 0.2) is 24.3 Å². The molecule has 1 aromatic rings. The van der Waals surface area contributed by atoms with Crippen molar-refractivity contribution in [3.8, 4) is 0 Å². The summed E-state index contributed by atoms with van der Waals surface area (Å²) >= 11 is 0. The van der Waals surface area contributed by atoms with Gasteiger partial charge < -0.3 is 20.1 Å². The van der Waals surface area contributed by atoms with E-state index in [0.717, 1.165) is 52.6 Å².